The first-order valence-electron chi connectivity index (χ1n) is 7.60. The molecule has 0 heterocycles. The van der Waals surface area contributed by atoms with Crippen molar-refractivity contribution in [3.05, 3.63) is 54.1 Å². The van der Waals surface area contributed by atoms with Gasteiger partial charge in [0.25, 0.3) is 0 Å². The fourth-order valence-corrected chi connectivity index (χ4v) is 3.15. The van der Waals surface area contributed by atoms with Crippen LogP contribution in [0.15, 0.2) is 48.5 Å². The molecule has 0 saturated carbocycles. The molecular formula is C17H17F3N2O4S. The number of amides is 1. The molecule has 0 aliphatic carbocycles. The molecular weight excluding hydrogens is 385 g/mol. The number of sulfonamides is 1. The molecule has 0 unspecified atom stereocenters. The van der Waals surface area contributed by atoms with Gasteiger partial charge in [-0.3, -0.25) is 9.10 Å². The van der Waals surface area contributed by atoms with Crippen molar-refractivity contribution in [1.29, 1.82) is 0 Å². The molecule has 0 aliphatic rings. The largest absolute Gasteiger partial charge is 0.495 e. The molecule has 0 aliphatic heterocycles. The van der Waals surface area contributed by atoms with Crippen LogP contribution < -0.4 is 14.4 Å². The summed E-state index contributed by atoms with van der Waals surface area (Å²) in [5, 5.41) is 2.49. The molecule has 0 bridgehead atoms. The van der Waals surface area contributed by atoms with Crippen LogP contribution in [0.5, 0.6) is 5.75 Å². The Balaban J connectivity index is 2.30. The first-order chi connectivity index (χ1) is 12.5. The number of para-hydroxylation sites is 2. The number of rotatable bonds is 6. The number of hydrogen-bond donors (Lipinski definition) is 1. The number of nitrogens with one attached hydrogen (secondary N) is 1. The van der Waals surface area contributed by atoms with Gasteiger partial charge in [0.1, 0.15) is 12.3 Å². The van der Waals surface area contributed by atoms with E-state index in [-0.39, 0.29) is 5.69 Å². The van der Waals surface area contributed by atoms with Crippen LogP contribution in [0.2, 0.25) is 0 Å². The Morgan fingerprint density at radius 1 is 1.15 bits per heavy atom. The Kier molecular flexibility index (Phi) is 5.99. The smallest absolute Gasteiger partial charge is 0.416 e. The summed E-state index contributed by atoms with van der Waals surface area (Å²) in [6, 6.07) is 10.2. The van der Waals surface area contributed by atoms with Crippen molar-refractivity contribution in [2.24, 2.45) is 0 Å². The fraction of sp³-hybridized carbons (Fsp3) is 0.235. The molecule has 146 valence electrons. The van der Waals surface area contributed by atoms with Gasteiger partial charge in [0.2, 0.25) is 15.9 Å². The van der Waals surface area contributed by atoms with E-state index in [2.05, 4.69) is 5.32 Å². The van der Waals surface area contributed by atoms with Gasteiger partial charge in [0, 0.05) is 0 Å². The van der Waals surface area contributed by atoms with Crippen LogP contribution in [0.25, 0.3) is 0 Å². The predicted octanol–water partition coefficient (Wildman–Crippen LogP) is 3.12. The second kappa shape index (κ2) is 7.87. The lowest BCUT2D eigenvalue weighted by molar-refractivity contribution is -0.137. The zero-order valence-electron chi connectivity index (χ0n) is 14.4. The molecule has 0 radical (unpaired) electrons. The third-order valence-corrected chi connectivity index (χ3v) is 4.67. The Morgan fingerprint density at radius 3 is 2.41 bits per heavy atom. The highest BCUT2D eigenvalue weighted by molar-refractivity contribution is 7.92. The lowest BCUT2D eigenvalue weighted by atomic mass is 10.2. The molecule has 0 saturated heterocycles. The average Bonchev–Trinajstić information content (AvgIpc) is 2.58. The minimum absolute atomic E-state index is 0.262. The molecule has 1 amide bonds. The number of anilines is 2. The topological polar surface area (TPSA) is 75.7 Å². The van der Waals surface area contributed by atoms with E-state index < -0.39 is 34.2 Å². The Hall–Kier alpha value is -2.75. The van der Waals surface area contributed by atoms with Gasteiger partial charge in [-0.15, -0.1) is 0 Å². The molecule has 2 rings (SSSR count). The van der Waals surface area contributed by atoms with Gasteiger partial charge < -0.3 is 10.1 Å². The minimum Gasteiger partial charge on any atom is -0.495 e. The first-order valence-corrected chi connectivity index (χ1v) is 9.45. The van der Waals surface area contributed by atoms with Crippen LogP contribution in [0, 0.1) is 0 Å². The average molecular weight is 402 g/mol. The normalized spacial score (nSPS) is 11.7. The van der Waals surface area contributed by atoms with E-state index in [1.807, 2.05) is 0 Å². The second-order valence-corrected chi connectivity index (χ2v) is 7.47. The number of carbonyl (C=O) groups excluding carboxylic acids is 1. The van der Waals surface area contributed by atoms with Crippen molar-refractivity contribution in [3.8, 4) is 5.75 Å². The monoisotopic (exact) mass is 402 g/mol. The Bertz CT molecular complexity index is 930. The van der Waals surface area contributed by atoms with Gasteiger partial charge in [0.05, 0.1) is 30.3 Å². The van der Waals surface area contributed by atoms with E-state index >= 15 is 0 Å². The highest BCUT2D eigenvalue weighted by atomic mass is 32.2. The molecule has 10 heteroatoms. The van der Waals surface area contributed by atoms with Gasteiger partial charge in [-0.25, -0.2) is 8.42 Å². The SMILES string of the molecule is COc1ccccc1NC(=O)CN(c1cccc(C(F)(F)F)c1)S(C)(=O)=O. The summed E-state index contributed by atoms with van der Waals surface area (Å²) in [5.74, 6) is -0.377. The van der Waals surface area contributed by atoms with Gasteiger partial charge in [0.15, 0.2) is 0 Å². The molecule has 0 spiro atoms. The summed E-state index contributed by atoms with van der Waals surface area (Å²) < 4.78 is 68.5. The summed E-state index contributed by atoms with van der Waals surface area (Å²) in [6.45, 7) is -0.696. The summed E-state index contributed by atoms with van der Waals surface area (Å²) in [6.07, 6.45) is -3.83. The van der Waals surface area contributed by atoms with Crippen LogP contribution in [0.1, 0.15) is 5.56 Å². The van der Waals surface area contributed by atoms with E-state index in [1.54, 1.807) is 24.3 Å². The number of halogens is 3. The fourth-order valence-electron chi connectivity index (χ4n) is 2.31. The summed E-state index contributed by atoms with van der Waals surface area (Å²) in [4.78, 5) is 12.3. The lowest BCUT2D eigenvalue weighted by Gasteiger charge is -2.23. The van der Waals surface area contributed by atoms with Crippen molar-refractivity contribution in [2.45, 2.75) is 6.18 Å². The van der Waals surface area contributed by atoms with E-state index in [0.717, 1.165) is 18.4 Å². The third-order valence-electron chi connectivity index (χ3n) is 3.53. The van der Waals surface area contributed by atoms with Crippen LogP contribution in [0.4, 0.5) is 24.5 Å². The molecule has 2 aromatic carbocycles. The lowest BCUT2D eigenvalue weighted by Crippen LogP contribution is -2.37. The van der Waals surface area contributed by atoms with E-state index in [4.69, 9.17) is 4.74 Å². The molecule has 0 atom stereocenters. The maximum absolute atomic E-state index is 12.9. The number of methoxy groups -OCH3 is 1. The molecule has 2 aromatic rings. The third kappa shape index (κ3) is 5.36. The van der Waals surface area contributed by atoms with E-state index in [9.17, 15) is 26.4 Å². The maximum atomic E-state index is 12.9. The van der Waals surface area contributed by atoms with E-state index in [1.165, 1.54) is 13.2 Å². The number of carbonyl (C=O) groups is 1. The van der Waals surface area contributed by atoms with Crippen LogP contribution >= 0.6 is 0 Å². The van der Waals surface area contributed by atoms with Crippen molar-refractivity contribution in [1.82, 2.24) is 0 Å². The zero-order valence-corrected chi connectivity index (χ0v) is 15.3. The Labute approximate surface area is 154 Å². The molecule has 1 N–H and O–H groups in total. The summed E-state index contributed by atoms with van der Waals surface area (Å²) >= 11 is 0. The quantitative estimate of drug-likeness (QED) is 0.806. The van der Waals surface area contributed by atoms with Crippen LogP contribution in [-0.2, 0) is 21.0 Å². The second-order valence-electron chi connectivity index (χ2n) is 5.57. The maximum Gasteiger partial charge on any atom is 0.416 e. The van der Waals surface area contributed by atoms with Gasteiger partial charge in [-0.1, -0.05) is 18.2 Å². The van der Waals surface area contributed by atoms with Crippen molar-refractivity contribution >= 4 is 27.3 Å². The zero-order chi connectivity index (χ0) is 20.2. The van der Waals surface area contributed by atoms with Crippen LogP contribution in [0.3, 0.4) is 0 Å². The van der Waals surface area contributed by atoms with Gasteiger partial charge in [-0.05, 0) is 30.3 Å². The Morgan fingerprint density at radius 2 is 1.81 bits per heavy atom. The summed E-state index contributed by atoms with van der Waals surface area (Å²) in [7, 11) is -2.61. The van der Waals surface area contributed by atoms with Crippen molar-refractivity contribution in [3.63, 3.8) is 0 Å². The molecule has 0 fully saturated rings. The van der Waals surface area contributed by atoms with Gasteiger partial charge >= 0.3 is 6.18 Å². The number of ether oxygens (including phenoxy) is 1. The molecule has 6 nitrogen and oxygen atoms in total. The number of alkyl halides is 3. The number of hydrogen-bond acceptors (Lipinski definition) is 4. The number of benzene rings is 2. The number of nitrogens with zero attached hydrogens (tertiary/aromatic N) is 1. The van der Waals surface area contributed by atoms with Crippen molar-refractivity contribution in [2.75, 3.05) is 29.5 Å². The predicted molar refractivity (Wildman–Crippen MR) is 95.3 cm³/mol. The highest BCUT2D eigenvalue weighted by Crippen LogP contribution is 2.32. The van der Waals surface area contributed by atoms with Crippen LogP contribution in [-0.4, -0.2) is 34.2 Å². The van der Waals surface area contributed by atoms with Crippen molar-refractivity contribution < 1.29 is 31.1 Å². The standard InChI is InChI=1S/C17H17F3N2O4S/c1-26-15-9-4-3-8-14(15)21-16(23)11-22(27(2,24)25)13-7-5-6-12(10-13)17(18,19)20/h3-10H,11H2,1-2H3,(H,21,23). The minimum atomic E-state index is -4.64. The van der Waals surface area contributed by atoms with E-state index in [0.29, 0.717) is 21.8 Å². The summed E-state index contributed by atoms with van der Waals surface area (Å²) in [5.41, 5.74) is -0.969. The first kappa shape index (κ1) is 20.6. The van der Waals surface area contributed by atoms with Gasteiger partial charge in [-0.2, -0.15) is 13.2 Å². The highest BCUT2D eigenvalue weighted by Gasteiger charge is 2.32. The molecule has 0 aromatic heterocycles. The molecule has 27 heavy (non-hydrogen) atoms.